The highest BCUT2D eigenvalue weighted by atomic mass is 35.5. The van der Waals surface area contributed by atoms with Gasteiger partial charge in [-0.25, -0.2) is 8.42 Å². The molecule has 3 atom stereocenters. The minimum Gasteiger partial charge on any atom is -0.445 e. The summed E-state index contributed by atoms with van der Waals surface area (Å²) in [5, 5.41) is 1.13. The maximum Gasteiger partial charge on any atom is 0.303 e. The third-order valence-corrected chi connectivity index (χ3v) is 7.70. The fourth-order valence-corrected chi connectivity index (χ4v) is 6.41. The summed E-state index contributed by atoms with van der Waals surface area (Å²) in [6.07, 6.45) is 0.138. The van der Waals surface area contributed by atoms with E-state index in [1.807, 2.05) is 44.2 Å². The van der Waals surface area contributed by atoms with Crippen molar-refractivity contribution >= 4 is 39.2 Å². The first-order valence-electron chi connectivity index (χ1n) is 9.31. The van der Waals surface area contributed by atoms with Crippen molar-refractivity contribution in [3.8, 4) is 0 Å². The Hall–Kier alpha value is -1.60. The first-order chi connectivity index (χ1) is 13.6. The normalized spacial score (nSPS) is 24.4. The van der Waals surface area contributed by atoms with Crippen LogP contribution in [0.3, 0.4) is 0 Å². The average molecular weight is 456 g/mol. The lowest BCUT2D eigenvalue weighted by Gasteiger charge is -2.45. The van der Waals surface area contributed by atoms with Gasteiger partial charge in [0.05, 0.1) is 6.04 Å². The third-order valence-electron chi connectivity index (χ3n) is 5.02. The monoisotopic (exact) mass is 455 g/mol. The zero-order valence-electron chi connectivity index (χ0n) is 16.4. The summed E-state index contributed by atoms with van der Waals surface area (Å²) in [7, 11) is -3.89. The van der Waals surface area contributed by atoms with E-state index >= 15 is 0 Å². The van der Waals surface area contributed by atoms with Gasteiger partial charge in [-0.05, 0) is 49.2 Å². The molecule has 0 spiro atoms. The Bertz CT molecular complexity index is 992. The van der Waals surface area contributed by atoms with Crippen molar-refractivity contribution < 1.29 is 17.9 Å². The van der Waals surface area contributed by atoms with Gasteiger partial charge in [0.25, 0.3) is 10.0 Å². The van der Waals surface area contributed by atoms with E-state index < -0.39 is 27.5 Å². The van der Waals surface area contributed by atoms with Gasteiger partial charge in [0.15, 0.2) is 0 Å². The minimum atomic E-state index is -3.89. The lowest BCUT2D eigenvalue weighted by Crippen LogP contribution is -2.52. The molecule has 0 saturated carbocycles. The van der Waals surface area contributed by atoms with E-state index in [2.05, 4.69) is 0 Å². The highest BCUT2D eigenvalue weighted by Gasteiger charge is 2.50. The number of hydrogen-bond donors (Lipinski definition) is 0. The molecule has 29 heavy (non-hydrogen) atoms. The van der Waals surface area contributed by atoms with Gasteiger partial charge >= 0.3 is 5.97 Å². The van der Waals surface area contributed by atoms with E-state index in [1.54, 1.807) is 18.2 Å². The number of benzene rings is 2. The number of carbonyl (C=O) groups excluding carboxylic acids is 1. The molecule has 1 heterocycles. The van der Waals surface area contributed by atoms with Gasteiger partial charge in [-0.1, -0.05) is 47.5 Å². The smallest absolute Gasteiger partial charge is 0.303 e. The molecule has 1 fully saturated rings. The van der Waals surface area contributed by atoms with Gasteiger partial charge in [0.2, 0.25) is 5.44 Å². The molecule has 1 aliphatic rings. The predicted octanol–water partition coefficient (Wildman–Crippen LogP) is 5.15. The van der Waals surface area contributed by atoms with Crippen LogP contribution in [0.2, 0.25) is 10.0 Å². The lowest BCUT2D eigenvalue weighted by molar-refractivity contribution is -0.143. The van der Waals surface area contributed by atoms with Crippen LogP contribution in [0.25, 0.3) is 0 Å². The Labute approximate surface area is 181 Å². The van der Waals surface area contributed by atoms with Crippen LogP contribution in [0.1, 0.15) is 50.3 Å². The number of carbonyl (C=O) groups is 1. The number of halogens is 2. The number of sulfonamides is 1. The second kappa shape index (κ2) is 8.64. The van der Waals surface area contributed by atoms with Gasteiger partial charge in [-0.3, -0.25) is 4.79 Å². The molecular weight excluding hydrogens is 433 g/mol. The number of hydrogen-bond acceptors (Lipinski definition) is 4. The summed E-state index contributed by atoms with van der Waals surface area (Å²) < 4.78 is 33.5. The number of ether oxygens (including phenoxy) is 1. The van der Waals surface area contributed by atoms with E-state index in [9.17, 15) is 13.2 Å². The standard InChI is InChI=1S/C21H23Cl2NO4S/c1-13(2)24-21(15-7-9-17(22)10-8-15)19(16-5-4-6-18(23)11-16)12-20(28-14(3)25)29(24,26)27/h4-11,13,19-21H,12H2,1-3H3. The summed E-state index contributed by atoms with van der Waals surface area (Å²) in [6, 6.07) is 13.7. The highest BCUT2D eigenvalue weighted by Crippen LogP contribution is 2.48. The van der Waals surface area contributed by atoms with E-state index in [0.29, 0.717) is 10.0 Å². The van der Waals surface area contributed by atoms with Crippen LogP contribution >= 0.6 is 23.2 Å². The van der Waals surface area contributed by atoms with Gasteiger partial charge in [0, 0.05) is 35.3 Å². The zero-order chi connectivity index (χ0) is 21.3. The second-order valence-corrected chi connectivity index (χ2v) is 10.3. The van der Waals surface area contributed by atoms with Gasteiger partial charge in [-0.15, -0.1) is 0 Å². The largest absolute Gasteiger partial charge is 0.445 e. The SMILES string of the molecule is CC(=O)OC1CC(c2cccc(Cl)c2)C(c2ccc(Cl)cc2)N(C(C)C)S1(=O)=O. The van der Waals surface area contributed by atoms with E-state index in [0.717, 1.165) is 11.1 Å². The van der Waals surface area contributed by atoms with Crippen LogP contribution in [0.5, 0.6) is 0 Å². The van der Waals surface area contributed by atoms with Crippen molar-refractivity contribution in [2.24, 2.45) is 0 Å². The van der Waals surface area contributed by atoms with Gasteiger partial charge < -0.3 is 4.74 Å². The van der Waals surface area contributed by atoms with Crippen molar-refractivity contribution in [1.29, 1.82) is 0 Å². The average Bonchev–Trinajstić information content (AvgIpc) is 2.62. The molecule has 8 heteroatoms. The van der Waals surface area contributed by atoms with Gasteiger partial charge in [-0.2, -0.15) is 4.31 Å². The Balaban J connectivity index is 2.20. The molecule has 0 aliphatic carbocycles. The fourth-order valence-electron chi connectivity index (χ4n) is 3.93. The molecule has 1 saturated heterocycles. The van der Waals surface area contributed by atoms with Crippen LogP contribution in [0.15, 0.2) is 48.5 Å². The molecule has 0 bridgehead atoms. The quantitative estimate of drug-likeness (QED) is 0.597. The Morgan fingerprint density at radius 2 is 1.72 bits per heavy atom. The zero-order valence-corrected chi connectivity index (χ0v) is 18.7. The topological polar surface area (TPSA) is 63.7 Å². The fraction of sp³-hybridized carbons (Fsp3) is 0.381. The number of nitrogens with zero attached hydrogens (tertiary/aromatic N) is 1. The van der Waals surface area contributed by atoms with Crippen molar-refractivity contribution in [2.75, 3.05) is 0 Å². The van der Waals surface area contributed by atoms with Gasteiger partial charge in [0.1, 0.15) is 0 Å². The van der Waals surface area contributed by atoms with Crippen molar-refractivity contribution in [2.45, 2.75) is 50.6 Å². The summed E-state index contributed by atoms with van der Waals surface area (Å²) in [4.78, 5) is 11.6. The summed E-state index contributed by atoms with van der Waals surface area (Å²) >= 11 is 12.3. The van der Waals surface area contributed by atoms with Crippen molar-refractivity contribution in [3.05, 3.63) is 69.7 Å². The van der Waals surface area contributed by atoms with Crippen LogP contribution in [-0.4, -0.2) is 30.2 Å². The van der Waals surface area contributed by atoms with Crippen LogP contribution < -0.4 is 0 Å². The molecule has 5 nitrogen and oxygen atoms in total. The maximum absolute atomic E-state index is 13.4. The Morgan fingerprint density at radius 1 is 1.07 bits per heavy atom. The maximum atomic E-state index is 13.4. The molecule has 1 aliphatic heterocycles. The molecular formula is C21H23Cl2NO4S. The molecule has 0 amide bonds. The molecule has 3 rings (SSSR count). The summed E-state index contributed by atoms with van der Waals surface area (Å²) in [5.41, 5.74) is 0.447. The molecule has 2 aromatic rings. The predicted molar refractivity (Wildman–Crippen MR) is 114 cm³/mol. The number of esters is 1. The molecule has 0 radical (unpaired) electrons. The first kappa shape index (κ1) is 22.1. The van der Waals surface area contributed by atoms with Crippen molar-refractivity contribution in [1.82, 2.24) is 4.31 Å². The molecule has 3 unspecified atom stereocenters. The lowest BCUT2D eigenvalue weighted by atomic mass is 9.84. The summed E-state index contributed by atoms with van der Waals surface area (Å²) in [6.45, 7) is 4.84. The molecule has 156 valence electrons. The molecule has 2 aromatic carbocycles. The third kappa shape index (κ3) is 4.61. The molecule has 0 N–H and O–H groups in total. The second-order valence-electron chi connectivity index (χ2n) is 7.40. The number of rotatable bonds is 4. The minimum absolute atomic E-state index is 0.138. The summed E-state index contributed by atoms with van der Waals surface area (Å²) in [5.74, 6) is -0.887. The Morgan fingerprint density at radius 3 is 2.28 bits per heavy atom. The van der Waals surface area contributed by atoms with Crippen LogP contribution in [0.4, 0.5) is 0 Å². The van der Waals surface area contributed by atoms with E-state index in [1.165, 1.54) is 11.2 Å². The van der Waals surface area contributed by atoms with Crippen molar-refractivity contribution in [3.63, 3.8) is 0 Å². The molecule has 0 aromatic heterocycles. The first-order valence-corrected chi connectivity index (χ1v) is 11.6. The highest BCUT2D eigenvalue weighted by molar-refractivity contribution is 7.89. The Kier molecular flexibility index (Phi) is 6.58. The van der Waals surface area contributed by atoms with E-state index in [4.69, 9.17) is 27.9 Å². The van der Waals surface area contributed by atoms with Crippen LogP contribution in [0, 0.1) is 0 Å². The van der Waals surface area contributed by atoms with Crippen LogP contribution in [-0.2, 0) is 19.6 Å². The van der Waals surface area contributed by atoms with E-state index in [-0.39, 0.29) is 18.4 Å².